The van der Waals surface area contributed by atoms with Gasteiger partial charge in [-0.15, -0.1) is 0 Å². The Balaban J connectivity index is 1.86. The smallest absolute Gasteiger partial charge is 0.341 e. The molecule has 3 aromatic rings. The standard InChI is InChI=1S/C19H16FN3O4/c1-11-9-16(23-27-11)22-18(24)17(12-5-3-2-4-6-12)26-19(25)14-8-7-13(20)10-15(14)21/h2-10,17H,21H2,1H3,(H,22,23,24). The first-order valence-electron chi connectivity index (χ1n) is 7.99. The number of esters is 1. The van der Waals surface area contributed by atoms with Crippen molar-refractivity contribution >= 4 is 23.4 Å². The molecule has 0 saturated heterocycles. The molecule has 7 nitrogen and oxygen atoms in total. The maximum atomic E-state index is 13.2. The van der Waals surface area contributed by atoms with E-state index in [1.807, 2.05) is 0 Å². The summed E-state index contributed by atoms with van der Waals surface area (Å²) in [6.45, 7) is 1.68. The second kappa shape index (κ2) is 7.69. The van der Waals surface area contributed by atoms with E-state index in [2.05, 4.69) is 10.5 Å². The molecule has 2 aromatic carbocycles. The van der Waals surface area contributed by atoms with Crippen molar-refractivity contribution in [1.29, 1.82) is 0 Å². The Morgan fingerprint density at radius 2 is 1.93 bits per heavy atom. The summed E-state index contributed by atoms with van der Waals surface area (Å²) in [5.41, 5.74) is 6.00. The largest absolute Gasteiger partial charge is 0.444 e. The van der Waals surface area contributed by atoms with Crippen molar-refractivity contribution < 1.29 is 23.2 Å². The van der Waals surface area contributed by atoms with Crippen molar-refractivity contribution in [2.45, 2.75) is 13.0 Å². The Kier molecular flexibility index (Phi) is 5.16. The van der Waals surface area contributed by atoms with E-state index in [1.165, 1.54) is 12.1 Å². The molecule has 1 aromatic heterocycles. The first-order valence-corrected chi connectivity index (χ1v) is 7.99. The van der Waals surface area contributed by atoms with E-state index in [-0.39, 0.29) is 17.1 Å². The van der Waals surface area contributed by atoms with E-state index in [0.29, 0.717) is 11.3 Å². The van der Waals surface area contributed by atoms with Gasteiger partial charge in [-0.1, -0.05) is 35.5 Å². The molecule has 0 radical (unpaired) electrons. The van der Waals surface area contributed by atoms with Crippen LogP contribution in [0, 0.1) is 12.7 Å². The number of rotatable bonds is 5. The van der Waals surface area contributed by atoms with Gasteiger partial charge in [0.05, 0.1) is 5.56 Å². The molecule has 3 N–H and O–H groups in total. The number of anilines is 2. The highest BCUT2D eigenvalue weighted by Gasteiger charge is 2.27. The Labute approximate surface area is 153 Å². The molecule has 0 fully saturated rings. The van der Waals surface area contributed by atoms with Crippen LogP contribution in [0.4, 0.5) is 15.9 Å². The van der Waals surface area contributed by atoms with Gasteiger partial charge in [-0.3, -0.25) is 4.79 Å². The van der Waals surface area contributed by atoms with Crippen molar-refractivity contribution in [1.82, 2.24) is 5.16 Å². The van der Waals surface area contributed by atoms with Gasteiger partial charge >= 0.3 is 5.97 Å². The van der Waals surface area contributed by atoms with Crippen molar-refractivity contribution in [2.75, 3.05) is 11.1 Å². The van der Waals surface area contributed by atoms with Crippen LogP contribution in [0.3, 0.4) is 0 Å². The molecule has 0 aliphatic carbocycles. The average Bonchev–Trinajstić information content (AvgIpc) is 3.04. The number of nitrogen functional groups attached to an aromatic ring is 1. The second-order valence-electron chi connectivity index (χ2n) is 5.74. The van der Waals surface area contributed by atoms with Crippen molar-refractivity contribution in [3.8, 4) is 0 Å². The first kappa shape index (κ1) is 18.1. The third-order valence-corrected chi connectivity index (χ3v) is 3.68. The van der Waals surface area contributed by atoms with Gasteiger partial charge in [-0.05, 0) is 25.1 Å². The minimum atomic E-state index is -1.26. The quantitative estimate of drug-likeness (QED) is 0.528. The molecule has 1 amide bonds. The van der Waals surface area contributed by atoms with Gasteiger partial charge in [-0.25, -0.2) is 9.18 Å². The molecular weight excluding hydrogens is 353 g/mol. The number of nitrogens with one attached hydrogen (secondary N) is 1. The average molecular weight is 369 g/mol. The molecule has 0 spiro atoms. The lowest BCUT2D eigenvalue weighted by atomic mass is 10.1. The SMILES string of the molecule is Cc1cc(NC(=O)C(OC(=O)c2ccc(F)cc2N)c2ccccc2)no1. The van der Waals surface area contributed by atoms with Gasteiger partial charge in [0.2, 0.25) is 6.10 Å². The Morgan fingerprint density at radius 3 is 2.56 bits per heavy atom. The number of halogens is 1. The summed E-state index contributed by atoms with van der Waals surface area (Å²) in [4.78, 5) is 25.1. The zero-order valence-corrected chi connectivity index (χ0v) is 14.3. The lowest BCUT2D eigenvalue weighted by molar-refractivity contribution is -0.125. The molecule has 0 aliphatic heterocycles. The van der Waals surface area contributed by atoms with E-state index < -0.39 is 23.8 Å². The van der Waals surface area contributed by atoms with Crippen molar-refractivity contribution in [3.05, 3.63) is 77.3 Å². The second-order valence-corrected chi connectivity index (χ2v) is 5.74. The number of aromatic nitrogens is 1. The van der Waals surface area contributed by atoms with Crippen LogP contribution in [0.2, 0.25) is 0 Å². The van der Waals surface area contributed by atoms with Crippen molar-refractivity contribution in [2.24, 2.45) is 0 Å². The number of amides is 1. The number of carbonyl (C=O) groups is 2. The van der Waals surface area contributed by atoms with E-state index in [4.69, 9.17) is 15.0 Å². The fourth-order valence-corrected chi connectivity index (χ4v) is 2.41. The van der Waals surface area contributed by atoms with Gasteiger partial charge in [-0.2, -0.15) is 0 Å². The lowest BCUT2D eigenvalue weighted by Crippen LogP contribution is -2.26. The molecule has 0 aliphatic rings. The fourth-order valence-electron chi connectivity index (χ4n) is 2.41. The number of carbonyl (C=O) groups excluding carboxylic acids is 2. The Hall–Kier alpha value is -3.68. The number of benzene rings is 2. The highest BCUT2D eigenvalue weighted by molar-refractivity contribution is 5.99. The van der Waals surface area contributed by atoms with Gasteiger partial charge < -0.3 is 20.3 Å². The van der Waals surface area contributed by atoms with Crippen LogP contribution in [0.1, 0.15) is 27.8 Å². The minimum Gasteiger partial charge on any atom is -0.444 e. The zero-order valence-electron chi connectivity index (χ0n) is 14.3. The summed E-state index contributed by atoms with van der Waals surface area (Å²) in [5.74, 6) is -1.35. The summed E-state index contributed by atoms with van der Waals surface area (Å²) in [6, 6.07) is 13.3. The summed E-state index contributed by atoms with van der Waals surface area (Å²) in [5, 5.41) is 6.21. The molecular formula is C19H16FN3O4. The number of ether oxygens (including phenoxy) is 1. The van der Waals surface area contributed by atoms with Crippen LogP contribution < -0.4 is 11.1 Å². The number of hydrogen-bond donors (Lipinski definition) is 2. The van der Waals surface area contributed by atoms with Gasteiger partial charge in [0, 0.05) is 17.3 Å². The maximum absolute atomic E-state index is 13.2. The summed E-state index contributed by atoms with van der Waals surface area (Å²) in [6.07, 6.45) is -1.26. The molecule has 1 heterocycles. The van der Waals surface area contributed by atoms with Crippen LogP contribution in [-0.4, -0.2) is 17.0 Å². The highest BCUT2D eigenvalue weighted by atomic mass is 19.1. The predicted octanol–water partition coefficient (Wildman–Crippen LogP) is 3.24. The molecule has 138 valence electrons. The van der Waals surface area contributed by atoms with E-state index in [1.54, 1.807) is 37.3 Å². The van der Waals surface area contributed by atoms with Crippen LogP contribution in [0.5, 0.6) is 0 Å². The van der Waals surface area contributed by atoms with Gasteiger partial charge in [0.15, 0.2) is 5.82 Å². The summed E-state index contributed by atoms with van der Waals surface area (Å²) in [7, 11) is 0. The summed E-state index contributed by atoms with van der Waals surface area (Å²) >= 11 is 0. The third-order valence-electron chi connectivity index (χ3n) is 3.68. The maximum Gasteiger partial charge on any atom is 0.341 e. The van der Waals surface area contributed by atoms with Crippen LogP contribution >= 0.6 is 0 Å². The number of hydrogen-bond acceptors (Lipinski definition) is 6. The third kappa shape index (κ3) is 4.30. The molecule has 0 bridgehead atoms. The predicted molar refractivity (Wildman–Crippen MR) is 95.3 cm³/mol. The molecule has 3 rings (SSSR count). The van der Waals surface area contributed by atoms with Crippen molar-refractivity contribution in [3.63, 3.8) is 0 Å². The van der Waals surface area contributed by atoms with Gasteiger partial charge in [0.1, 0.15) is 11.6 Å². The zero-order chi connectivity index (χ0) is 19.4. The Morgan fingerprint density at radius 1 is 1.19 bits per heavy atom. The normalized spacial score (nSPS) is 11.6. The monoisotopic (exact) mass is 369 g/mol. The topological polar surface area (TPSA) is 107 Å². The fraction of sp³-hybridized carbons (Fsp3) is 0.105. The van der Waals surface area contributed by atoms with E-state index >= 15 is 0 Å². The minimum absolute atomic E-state index is 0.0394. The molecule has 1 atom stereocenters. The molecule has 1 unspecified atom stereocenters. The van der Waals surface area contributed by atoms with Crippen LogP contribution in [0.15, 0.2) is 59.1 Å². The molecule has 8 heteroatoms. The molecule has 27 heavy (non-hydrogen) atoms. The van der Waals surface area contributed by atoms with E-state index in [9.17, 15) is 14.0 Å². The number of nitrogens with two attached hydrogens (primary N) is 1. The molecule has 0 saturated carbocycles. The van der Waals surface area contributed by atoms with Gasteiger partial charge in [0.25, 0.3) is 5.91 Å². The van der Waals surface area contributed by atoms with Crippen LogP contribution in [-0.2, 0) is 9.53 Å². The summed E-state index contributed by atoms with van der Waals surface area (Å²) < 4.78 is 23.5. The number of nitrogens with zero attached hydrogens (tertiary/aromatic N) is 1. The lowest BCUT2D eigenvalue weighted by Gasteiger charge is -2.18. The van der Waals surface area contributed by atoms with Crippen LogP contribution in [0.25, 0.3) is 0 Å². The highest BCUT2D eigenvalue weighted by Crippen LogP contribution is 2.23. The number of aryl methyl sites for hydroxylation is 1. The Bertz CT molecular complexity index is 972. The first-order chi connectivity index (χ1) is 12.9. The van der Waals surface area contributed by atoms with E-state index in [0.717, 1.165) is 12.1 Å².